The molecule has 1 unspecified atom stereocenters. The number of nitrogens with one attached hydrogen (secondary N) is 3. The summed E-state index contributed by atoms with van der Waals surface area (Å²) in [6, 6.07) is 6.10. The van der Waals surface area contributed by atoms with Gasteiger partial charge in [0.25, 0.3) is 5.91 Å². The third-order valence-corrected chi connectivity index (χ3v) is 3.79. The summed E-state index contributed by atoms with van der Waals surface area (Å²) in [4.78, 5) is 19.3. The van der Waals surface area contributed by atoms with Crippen molar-refractivity contribution in [3.05, 3.63) is 53.1 Å². The molecule has 0 bridgehead atoms. The molecular formula is C16H14ClFN4O2. The first-order valence-electron chi connectivity index (χ1n) is 7.09. The predicted octanol–water partition coefficient (Wildman–Crippen LogP) is 3.03. The van der Waals surface area contributed by atoms with E-state index in [1.54, 1.807) is 25.4 Å². The van der Waals surface area contributed by atoms with Gasteiger partial charge in [0.05, 0.1) is 16.2 Å². The van der Waals surface area contributed by atoms with Crippen molar-refractivity contribution in [2.24, 2.45) is 0 Å². The van der Waals surface area contributed by atoms with Crippen molar-refractivity contribution in [1.82, 2.24) is 9.97 Å². The van der Waals surface area contributed by atoms with Crippen molar-refractivity contribution in [2.75, 3.05) is 10.6 Å². The molecule has 2 aromatic heterocycles. The Hall–Kier alpha value is -2.64. The molecule has 6 nitrogen and oxygen atoms in total. The largest absolute Gasteiger partial charge is 0.366 e. The average Bonchev–Trinajstić information content (AvgIpc) is 2.95. The molecule has 3 aromatic rings. The van der Waals surface area contributed by atoms with E-state index in [0.717, 1.165) is 5.52 Å². The van der Waals surface area contributed by atoms with Crippen LogP contribution in [0.25, 0.3) is 11.0 Å². The zero-order valence-electron chi connectivity index (χ0n) is 12.6. The van der Waals surface area contributed by atoms with E-state index >= 15 is 0 Å². The van der Waals surface area contributed by atoms with Crippen molar-refractivity contribution in [3.63, 3.8) is 0 Å². The number of nitrogens with zero attached hydrogens (tertiary/aromatic N) is 1. The minimum absolute atomic E-state index is 0.112. The lowest BCUT2D eigenvalue weighted by Gasteiger charge is -2.15. The summed E-state index contributed by atoms with van der Waals surface area (Å²) in [6.45, 7) is 1.62. The van der Waals surface area contributed by atoms with Crippen molar-refractivity contribution in [1.29, 1.82) is 0 Å². The van der Waals surface area contributed by atoms with Gasteiger partial charge in [-0.1, -0.05) is 11.6 Å². The first kappa shape index (κ1) is 16.2. The summed E-state index contributed by atoms with van der Waals surface area (Å²) in [5.41, 5.74) is 2.68. The summed E-state index contributed by atoms with van der Waals surface area (Å²) in [6.07, 6.45) is 1.69. The normalized spacial score (nSPS) is 12.2. The number of benzene rings is 1. The molecule has 8 heteroatoms. The fraction of sp³-hybridized carbons (Fsp3) is 0.125. The number of rotatable bonds is 4. The number of pyridine rings is 1. The zero-order chi connectivity index (χ0) is 17.3. The van der Waals surface area contributed by atoms with Crippen LogP contribution in [0.1, 0.15) is 5.56 Å². The van der Waals surface area contributed by atoms with Crippen LogP contribution in [0.15, 0.2) is 36.7 Å². The van der Waals surface area contributed by atoms with Gasteiger partial charge < -0.3 is 20.7 Å². The van der Waals surface area contributed by atoms with Gasteiger partial charge in [0.2, 0.25) is 6.23 Å². The van der Waals surface area contributed by atoms with Gasteiger partial charge in [0.1, 0.15) is 11.3 Å². The molecule has 4 N–H and O–H groups in total. The quantitative estimate of drug-likeness (QED) is 0.545. The topological polar surface area (TPSA) is 90.0 Å². The van der Waals surface area contributed by atoms with E-state index in [2.05, 4.69) is 20.6 Å². The number of aromatic amines is 1. The SMILES string of the molecule is Cc1cc(F)c(Cl)cc1NC(=O)C(O)Nc1c[nH]c2cccnc12. The van der Waals surface area contributed by atoms with Crippen LogP contribution >= 0.6 is 11.6 Å². The molecule has 24 heavy (non-hydrogen) atoms. The molecular weight excluding hydrogens is 335 g/mol. The Balaban J connectivity index is 1.74. The number of carbonyl (C=O) groups is 1. The number of halogens is 2. The number of aliphatic hydroxyl groups is 1. The lowest BCUT2D eigenvalue weighted by Crippen LogP contribution is -2.34. The zero-order valence-corrected chi connectivity index (χ0v) is 13.4. The molecule has 1 atom stereocenters. The molecule has 0 spiro atoms. The second-order valence-corrected chi connectivity index (χ2v) is 5.63. The van der Waals surface area contributed by atoms with Crippen molar-refractivity contribution in [2.45, 2.75) is 13.2 Å². The fourth-order valence-corrected chi connectivity index (χ4v) is 2.42. The Morgan fingerprint density at radius 1 is 1.42 bits per heavy atom. The van der Waals surface area contributed by atoms with E-state index in [1.165, 1.54) is 12.1 Å². The van der Waals surface area contributed by atoms with Gasteiger partial charge >= 0.3 is 0 Å². The molecule has 0 aliphatic carbocycles. The first-order chi connectivity index (χ1) is 11.5. The number of fused-ring (bicyclic) bond motifs is 1. The highest BCUT2D eigenvalue weighted by atomic mass is 35.5. The standard InChI is InChI=1S/C16H14ClFN4O2/c1-8-5-10(18)9(17)6-12(8)21-15(23)16(24)22-13-7-20-11-3-2-4-19-14(11)13/h2-7,16,20,22,24H,1H3,(H,21,23). The van der Waals surface area contributed by atoms with E-state index in [9.17, 15) is 14.3 Å². The molecule has 2 heterocycles. The fourth-order valence-electron chi connectivity index (χ4n) is 2.26. The number of aromatic nitrogens is 2. The molecule has 0 fully saturated rings. The van der Waals surface area contributed by atoms with Crippen LogP contribution < -0.4 is 10.6 Å². The average molecular weight is 349 g/mol. The Bertz CT molecular complexity index is 912. The number of amides is 1. The summed E-state index contributed by atoms with van der Waals surface area (Å²) in [5.74, 6) is -1.28. The number of hydrogen-bond acceptors (Lipinski definition) is 4. The number of aliphatic hydroxyl groups excluding tert-OH is 1. The molecule has 124 valence electrons. The summed E-state index contributed by atoms with van der Waals surface area (Å²) >= 11 is 5.71. The first-order valence-corrected chi connectivity index (χ1v) is 7.46. The van der Waals surface area contributed by atoms with Gasteiger partial charge in [-0.25, -0.2) is 4.39 Å². The lowest BCUT2D eigenvalue weighted by atomic mass is 10.2. The molecule has 0 saturated carbocycles. The van der Waals surface area contributed by atoms with Crippen molar-refractivity contribution >= 4 is 39.9 Å². The van der Waals surface area contributed by atoms with Gasteiger partial charge in [-0.2, -0.15) is 0 Å². The Morgan fingerprint density at radius 2 is 2.21 bits per heavy atom. The third-order valence-electron chi connectivity index (χ3n) is 3.50. The molecule has 1 aromatic carbocycles. The van der Waals surface area contributed by atoms with Gasteiger partial charge in [-0.05, 0) is 36.8 Å². The summed E-state index contributed by atoms with van der Waals surface area (Å²) in [7, 11) is 0. The van der Waals surface area contributed by atoms with E-state index in [1.807, 2.05) is 6.07 Å². The maximum absolute atomic E-state index is 13.3. The van der Waals surface area contributed by atoms with Crippen LogP contribution in [-0.2, 0) is 4.79 Å². The highest BCUT2D eigenvalue weighted by molar-refractivity contribution is 6.31. The van der Waals surface area contributed by atoms with Crippen LogP contribution in [0.3, 0.4) is 0 Å². The number of H-pyrrole nitrogens is 1. The molecule has 0 aliphatic heterocycles. The van der Waals surface area contributed by atoms with Crippen LogP contribution in [0, 0.1) is 12.7 Å². The summed E-state index contributed by atoms with van der Waals surface area (Å²) < 4.78 is 13.3. The van der Waals surface area contributed by atoms with Gasteiger partial charge in [-0.3, -0.25) is 9.78 Å². The van der Waals surface area contributed by atoms with Crippen LogP contribution in [0.2, 0.25) is 5.02 Å². The van der Waals surface area contributed by atoms with Crippen LogP contribution in [0.5, 0.6) is 0 Å². The predicted molar refractivity (Wildman–Crippen MR) is 90.5 cm³/mol. The number of anilines is 2. The Kier molecular flexibility index (Phi) is 4.37. The van der Waals surface area contributed by atoms with E-state index in [4.69, 9.17) is 11.6 Å². The molecule has 0 saturated heterocycles. The smallest absolute Gasteiger partial charge is 0.274 e. The minimum Gasteiger partial charge on any atom is -0.366 e. The van der Waals surface area contributed by atoms with Crippen LogP contribution in [0.4, 0.5) is 15.8 Å². The van der Waals surface area contributed by atoms with Gasteiger partial charge in [0.15, 0.2) is 0 Å². The maximum atomic E-state index is 13.3. The molecule has 3 rings (SSSR count). The van der Waals surface area contributed by atoms with Crippen LogP contribution in [-0.4, -0.2) is 27.2 Å². The number of aryl methyl sites for hydroxylation is 1. The molecule has 0 aliphatic rings. The van der Waals surface area contributed by atoms with E-state index < -0.39 is 18.0 Å². The molecule has 0 radical (unpaired) electrons. The van der Waals surface area contributed by atoms with E-state index in [0.29, 0.717) is 22.5 Å². The van der Waals surface area contributed by atoms with Crippen molar-refractivity contribution < 1.29 is 14.3 Å². The highest BCUT2D eigenvalue weighted by Gasteiger charge is 2.18. The summed E-state index contributed by atoms with van der Waals surface area (Å²) in [5, 5.41) is 15.1. The second kappa shape index (κ2) is 6.46. The number of carbonyl (C=O) groups excluding carboxylic acids is 1. The number of hydrogen-bond donors (Lipinski definition) is 4. The van der Waals surface area contributed by atoms with Gasteiger partial charge in [-0.15, -0.1) is 0 Å². The third kappa shape index (κ3) is 3.17. The van der Waals surface area contributed by atoms with Gasteiger partial charge in [0, 0.05) is 18.1 Å². The molecule has 1 amide bonds. The van der Waals surface area contributed by atoms with Crippen molar-refractivity contribution in [3.8, 4) is 0 Å². The second-order valence-electron chi connectivity index (χ2n) is 5.22. The maximum Gasteiger partial charge on any atom is 0.274 e. The monoisotopic (exact) mass is 348 g/mol. The van der Waals surface area contributed by atoms with E-state index in [-0.39, 0.29) is 5.02 Å². The Morgan fingerprint density at radius 3 is 3.00 bits per heavy atom. The minimum atomic E-state index is -1.52. The highest BCUT2D eigenvalue weighted by Crippen LogP contribution is 2.24. The lowest BCUT2D eigenvalue weighted by molar-refractivity contribution is -0.122. The Labute approximate surface area is 141 Å².